The third kappa shape index (κ3) is 2.93. The average molecular weight is 267 g/mol. The van der Waals surface area contributed by atoms with Gasteiger partial charge in [-0.1, -0.05) is 18.2 Å². The maximum atomic E-state index is 12.1. The predicted octanol–water partition coefficient (Wildman–Crippen LogP) is 1.89. The molecule has 0 unspecified atom stereocenters. The lowest BCUT2D eigenvalue weighted by molar-refractivity contribution is 0.0950. The number of amides is 1. The van der Waals surface area contributed by atoms with E-state index >= 15 is 0 Å². The lowest BCUT2D eigenvalue weighted by Gasteiger charge is -2.09. The Balaban J connectivity index is 2.11. The Kier molecular flexibility index (Phi) is 4.30. The number of hydrogen-bond donors (Lipinski definition) is 1. The van der Waals surface area contributed by atoms with Gasteiger partial charge < -0.3 is 10.1 Å². The Labute approximate surface area is 116 Å². The van der Waals surface area contributed by atoms with E-state index in [1.165, 1.54) is 18.5 Å². The Bertz CT molecular complexity index is 662. The van der Waals surface area contributed by atoms with Crippen molar-refractivity contribution in [2.45, 2.75) is 6.54 Å². The highest BCUT2D eigenvalue weighted by Crippen LogP contribution is 2.17. The Morgan fingerprint density at radius 2 is 2.20 bits per heavy atom. The molecule has 2 aromatic rings. The molecule has 2 rings (SSSR count). The van der Waals surface area contributed by atoms with Gasteiger partial charge in [0.1, 0.15) is 11.8 Å². The number of benzene rings is 1. The van der Waals surface area contributed by atoms with Crippen molar-refractivity contribution in [3.05, 3.63) is 59.4 Å². The molecule has 1 N–H and O–H groups in total. The molecule has 5 nitrogen and oxygen atoms in total. The summed E-state index contributed by atoms with van der Waals surface area (Å²) in [6.07, 6.45) is 2.87. The zero-order valence-electron chi connectivity index (χ0n) is 11.0. The number of ether oxygens (including phenoxy) is 1. The summed E-state index contributed by atoms with van der Waals surface area (Å²) in [7, 11) is 1.58. The monoisotopic (exact) mass is 267 g/mol. The zero-order chi connectivity index (χ0) is 14.4. The van der Waals surface area contributed by atoms with Crippen LogP contribution in [0.25, 0.3) is 0 Å². The number of rotatable bonds is 4. The molecule has 0 atom stereocenters. The largest absolute Gasteiger partial charge is 0.496 e. The molecule has 1 heterocycles. The van der Waals surface area contributed by atoms with E-state index in [2.05, 4.69) is 10.3 Å². The molecule has 1 amide bonds. The summed E-state index contributed by atoms with van der Waals surface area (Å²) in [6, 6.07) is 10.9. The van der Waals surface area contributed by atoms with Crippen molar-refractivity contribution in [2.24, 2.45) is 0 Å². The normalized spacial score (nSPS) is 9.60. The van der Waals surface area contributed by atoms with Crippen LogP contribution in [0.15, 0.2) is 42.7 Å². The molecule has 100 valence electrons. The molecule has 0 bridgehead atoms. The van der Waals surface area contributed by atoms with E-state index < -0.39 is 0 Å². The zero-order valence-corrected chi connectivity index (χ0v) is 11.0. The second-order valence-electron chi connectivity index (χ2n) is 4.03. The number of nitrogens with zero attached hydrogens (tertiary/aromatic N) is 2. The second kappa shape index (κ2) is 6.34. The molecule has 1 aromatic carbocycles. The molecule has 0 aliphatic carbocycles. The fourth-order valence-electron chi connectivity index (χ4n) is 1.79. The first-order valence-corrected chi connectivity index (χ1v) is 6.00. The number of carbonyl (C=O) groups excluding carboxylic acids is 1. The van der Waals surface area contributed by atoms with Crippen molar-refractivity contribution < 1.29 is 9.53 Å². The molecule has 0 saturated carbocycles. The molecule has 0 fully saturated rings. The van der Waals surface area contributed by atoms with Crippen molar-refractivity contribution in [1.29, 1.82) is 5.26 Å². The minimum absolute atomic E-state index is 0.268. The molecular formula is C15H13N3O2. The SMILES string of the molecule is COc1ccccc1CNC(=O)c1cnccc1C#N. The van der Waals surface area contributed by atoms with Crippen molar-refractivity contribution >= 4 is 5.91 Å². The van der Waals surface area contributed by atoms with Gasteiger partial charge in [-0.15, -0.1) is 0 Å². The number of hydrogen-bond acceptors (Lipinski definition) is 4. The van der Waals surface area contributed by atoms with Gasteiger partial charge in [-0.05, 0) is 12.1 Å². The van der Waals surface area contributed by atoms with E-state index in [-0.39, 0.29) is 11.5 Å². The number of nitrogens with one attached hydrogen (secondary N) is 1. The lowest BCUT2D eigenvalue weighted by atomic mass is 10.1. The highest BCUT2D eigenvalue weighted by molar-refractivity contribution is 5.96. The van der Waals surface area contributed by atoms with Gasteiger partial charge in [0.15, 0.2) is 0 Å². The lowest BCUT2D eigenvalue weighted by Crippen LogP contribution is -2.24. The third-order valence-electron chi connectivity index (χ3n) is 2.82. The van der Waals surface area contributed by atoms with E-state index in [1.807, 2.05) is 30.3 Å². The van der Waals surface area contributed by atoms with Gasteiger partial charge in [-0.3, -0.25) is 9.78 Å². The third-order valence-corrected chi connectivity index (χ3v) is 2.82. The van der Waals surface area contributed by atoms with Gasteiger partial charge in [0.2, 0.25) is 0 Å². The number of methoxy groups -OCH3 is 1. The number of nitriles is 1. The Morgan fingerprint density at radius 3 is 2.95 bits per heavy atom. The molecule has 0 spiro atoms. The fraction of sp³-hybridized carbons (Fsp3) is 0.133. The van der Waals surface area contributed by atoms with Crippen LogP contribution in [0.3, 0.4) is 0 Å². The molecule has 20 heavy (non-hydrogen) atoms. The second-order valence-corrected chi connectivity index (χ2v) is 4.03. The van der Waals surface area contributed by atoms with Gasteiger partial charge >= 0.3 is 0 Å². The Hall–Kier alpha value is -2.87. The average Bonchev–Trinajstić information content (AvgIpc) is 2.52. The van der Waals surface area contributed by atoms with Crippen molar-refractivity contribution in [3.63, 3.8) is 0 Å². The van der Waals surface area contributed by atoms with E-state index in [1.54, 1.807) is 7.11 Å². The predicted molar refractivity (Wildman–Crippen MR) is 73.1 cm³/mol. The van der Waals surface area contributed by atoms with Crippen LogP contribution in [-0.4, -0.2) is 18.0 Å². The first-order chi connectivity index (χ1) is 9.76. The quantitative estimate of drug-likeness (QED) is 0.917. The summed E-state index contributed by atoms with van der Waals surface area (Å²) in [5.74, 6) is 0.375. The summed E-state index contributed by atoms with van der Waals surface area (Å²) in [6.45, 7) is 0.322. The van der Waals surface area contributed by atoms with Crippen molar-refractivity contribution in [3.8, 4) is 11.8 Å². The smallest absolute Gasteiger partial charge is 0.254 e. The van der Waals surface area contributed by atoms with Crippen LogP contribution in [-0.2, 0) is 6.54 Å². The highest BCUT2D eigenvalue weighted by atomic mass is 16.5. The summed E-state index contributed by atoms with van der Waals surface area (Å²) in [5.41, 5.74) is 1.44. The number of para-hydroxylation sites is 1. The van der Waals surface area contributed by atoms with Crippen LogP contribution < -0.4 is 10.1 Å². The molecule has 0 saturated heterocycles. The molecule has 1 aromatic heterocycles. The standard InChI is InChI=1S/C15H13N3O2/c1-20-14-5-3-2-4-12(14)9-18-15(19)13-10-17-7-6-11(13)8-16/h2-7,10H,9H2,1H3,(H,18,19). The first kappa shape index (κ1) is 13.6. The topological polar surface area (TPSA) is 75.0 Å². The van der Waals surface area contributed by atoms with E-state index in [9.17, 15) is 4.79 Å². The molecule has 5 heteroatoms. The molecule has 0 radical (unpaired) electrons. The van der Waals surface area contributed by atoms with Gasteiger partial charge in [-0.2, -0.15) is 5.26 Å². The Morgan fingerprint density at radius 1 is 1.40 bits per heavy atom. The van der Waals surface area contributed by atoms with Crippen LogP contribution >= 0.6 is 0 Å². The van der Waals surface area contributed by atoms with Gasteiger partial charge in [0.05, 0.1) is 18.2 Å². The van der Waals surface area contributed by atoms with E-state index in [0.29, 0.717) is 17.9 Å². The summed E-state index contributed by atoms with van der Waals surface area (Å²) >= 11 is 0. The molecular weight excluding hydrogens is 254 g/mol. The van der Waals surface area contributed by atoms with Crippen LogP contribution in [0.4, 0.5) is 0 Å². The fourth-order valence-corrected chi connectivity index (χ4v) is 1.79. The highest BCUT2D eigenvalue weighted by Gasteiger charge is 2.11. The van der Waals surface area contributed by atoms with Crippen LogP contribution in [0.5, 0.6) is 5.75 Å². The van der Waals surface area contributed by atoms with Crippen molar-refractivity contribution in [1.82, 2.24) is 10.3 Å². The van der Waals surface area contributed by atoms with E-state index in [4.69, 9.17) is 10.00 Å². The number of aromatic nitrogens is 1. The van der Waals surface area contributed by atoms with Crippen LogP contribution in [0.2, 0.25) is 0 Å². The maximum Gasteiger partial charge on any atom is 0.254 e. The number of carbonyl (C=O) groups is 1. The van der Waals surface area contributed by atoms with Gasteiger partial charge in [0, 0.05) is 24.5 Å². The summed E-state index contributed by atoms with van der Waals surface area (Å²) in [5, 5.41) is 11.7. The minimum Gasteiger partial charge on any atom is -0.496 e. The van der Waals surface area contributed by atoms with Gasteiger partial charge in [-0.25, -0.2) is 0 Å². The van der Waals surface area contributed by atoms with Crippen LogP contribution in [0, 0.1) is 11.3 Å². The van der Waals surface area contributed by atoms with Crippen molar-refractivity contribution in [2.75, 3.05) is 7.11 Å². The van der Waals surface area contributed by atoms with Crippen LogP contribution in [0.1, 0.15) is 21.5 Å². The first-order valence-electron chi connectivity index (χ1n) is 6.00. The molecule has 0 aliphatic rings. The van der Waals surface area contributed by atoms with E-state index in [0.717, 1.165) is 5.56 Å². The molecule has 0 aliphatic heterocycles. The maximum absolute atomic E-state index is 12.1. The number of pyridine rings is 1. The minimum atomic E-state index is -0.333. The van der Waals surface area contributed by atoms with Gasteiger partial charge in [0.25, 0.3) is 5.91 Å². The summed E-state index contributed by atoms with van der Waals surface area (Å²) < 4.78 is 5.21. The summed E-state index contributed by atoms with van der Waals surface area (Å²) in [4.78, 5) is 15.9.